The molecule has 2 N–H and O–H groups in total. The van der Waals surface area contributed by atoms with Crippen molar-refractivity contribution in [2.24, 2.45) is 5.10 Å². The summed E-state index contributed by atoms with van der Waals surface area (Å²) in [5, 5.41) is 6.65. The Morgan fingerprint density at radius 1 is 1.03 bits per heavy atom. The van der Waals surface area contributed by atoms with Crippen LogP contribution < -0.4 is 20.2 Å². The van der Waals surface area contributed by atoms with Crippen molar-refractivity contribution in [2.45, 2.75) is 26.0 Å². The second-order valence-electron chi connectivity index (χ2n) is 7.79. The van der Waals surface area contributed by atoms with Gasteiger partial charge in [0.25, 0.3) is 5.91 Å². The molecule has 0 saturated heterocycles. The summed E-state index contributed by atoms with van der Waals surface area (Å²) in [6.07, 6.45) is 1.09. The fourth-order valence-electron chi connectivity index (χ4n) is 3.31. The van der Waals surface area contributed by atoms with Crippen molar-refractivity contribution in [3.05, 3.63) is 92.4 Å². The standard InChI is InChI=1S/C27H27Br2N3O5/c1-3-36-27(34)31-23(14-18-7-5-4-6-8-18)26(33)32-30-16-20-13-22(29)25(24(15-20)35-2)37-17-19-9-11-21(28)12-10-19/h4-13,15-16,23H,3,14,17H2,1-2H3,(H,31,34)(H,32,33)/b30-16-/t23-/m1/s1. The summed E-state index contributed by atoms with van der Waals surface area (Å²) in [5.41, 5.74) is 5.05. The van der Waals surface area contributed by atoms with Gasteiger partial charge in [-0.3, -0.25) is 4.79 Å². The SMILES string of the molecule is CCOC(=O)N[C@H](Cc1ccccc1)C(=O)N/N=C\c1cc(Br)c(OCc2ccc(Br)cc2)c(OC)c1. The minimum Gasteiger partial charge on any atom is -0.493 e. The molecule has 0 saturated carbocycles. The van der Waals surface area contributed by atoms with E-state index in [1.54, 1.807) is 26.2 Å². The van der Waals surface area contributed by atoms with E-state index >= 15 is 0 Å². The van der Waals surface area contributed by atoms with Crippen LogP contribution in [-0.4, -0.2) is 38.0 Å². The zero-order valence-corrected chi connectivity index (χ0v) is 23.5. The van der Waals surface area contributed by atoms with Crippen LogP contribution in [0.1, 0.15) is 23.6 Å². The van der Waals surface area contributed by atoms with Crippen LogP contribution in [0.25, 0.3) is 0 Å². The molecule has 0 aliphatic heterocycles. The van der Waals surface area contributed by atoms with Crippen LogP contribution in [0.4, 0.5) is 4.79 Å². The van der Waals surface area contributed by atoms with Crippen LogP contribution in [0.2, 0.25) is 0 Å². The number of carbonyl (C=O) groups is 2. The first-order valence-corrected chi connectivity index (χ1v) is 13.0. The first-order valence-electron chi connectivity index (χ1n) is 11.4. The number of hydrazone groups is 1. The third-order valence-electron chi connectivity index (χ3n) is 5.10. The van der Waals surface area contributed by atoms with Crippen LogP contribution in [0.5, 0.6) is 11.5 Å². The van der Waals surface area contributed by atoms with Crippen molar-refractivity contribution < 1.29 is 23.8 Å². The molecule has 0 unspecified atom stereocenters. The normalized spacial score (nSPS) is 11.6. The van der Waals surface area contributed by atoms with Crippen molar-refractivity contribution in [3.8, 4) is 11.5 Å². The third-order valence-corrected chi connectivity index (χ3v) is 6.22. The quantitative estimate of drug-likeness (QED) is 0.212. The Morgan fingerprint density at radius 3 is 2.43 bits per heavy atom. The van der Waals surface area contributed by atoms with Crippen molar-refractivity contribution >= 4 is 50.1 Å². The van der Waals surface area contributed by atoms with Crippen molar-refractivity contribution in [3.63, 3.8) is 0 Å². The predicted octanol–water partition coefficient (Wildman–Crippen LogP) is 5.61. The van der Waals surface area contributed by atoms with Gasteiger partial charge in [-0.05, 0) is 63.8 Å². The van der Waals surface area contributed by atoms with E-state index in [9.17, 15) is 9.59 Å². The van der Waals surface area contributed by atoms with Gasteiger partial charge in [0.05, 0.1) is 24.4 Å². The van der Waals surface area contributed by atoms with E-state index in [0.29, 0.717) is 28.1 Å². The summed E-state index contributed by atoms with van der Waals surface area (Å²) in [7, 11) is 1.55. The largest absolute Gasteiger partial charge is 0.493 e. The summed E-state index contributed by atoms with van der Waals surface area (Å²) in [4.78, 5) is 24.8. The highest BCUT2D eigenvalue weighted by molar-refractivity contribution is 9.10. The maximum Gasteiger partial charge on any atom is 0.407 e. The van der Waals surface area contributed by atoms with Gasteiger partial charge in [-0.1, -0.05) is 58.4 Å². The predicted molar refractivity (Wildman–Crippen MR) is 149 cm³/mol. The summed E-state index contributed by atoms with van der Waals surface area (Å²) in [5.74, 6) is 0.576. The number of rotatable bonds is 11. The highest BCUT2D eigenvalue weighted by Crippen LogP contribution is 2.37. The minimum atomic E-state index is -0.866. The van der Waals surface area contributed by atoms with Crippen molar-refractivity contribution in [1.82, 2.24) is 10.7 Å². The lowest BCUT2D eigenvalue weighted by atomic mass is 10.1. The molecule has 0 heterocycles. The van der Waals surface area contributed by atoms with Crippen LogP contribution >= 0.6 is 31.9 Å². The highest BCUT2D eigenvalue weighted by atomic mass is 79.9. The first kappa shape index (κ1) is 28.2. The number of hydrogen-bond donors (Lipinski definition) is 2. The van der Waals surface area contributed by atoms with Gasteiger partial charge in [-0.2, -0.15) is 5.10 Å². The fraction of sp³-hybridized carbons (Fsp3) is 0.222. The average molecular weight is 633 g/mol. The zero-order chi connectivity index (χ0) is 26.6. The van der Waals surface area contributed by atoms with Crippen molar-refractivity contribution in [1.29, 1.82) is 0 Å². The summed E-state index contributed by atoms with van der Waals surface area (Å²) >= 11 is 6.95. The van der Waals surface area contributed by atoms with Gasteiger partial charge in [0, 0.05) is 10.9 Å². The van der Waals surface area contributed by atoms with Gasteiger partial charge in [0.1, 0.15) is 12.6 Å². The molecule has 0 bridgehead atoms. The number of alkyl carbamates (subject to hydrolysis) is 1. The molecule has 0 radical (unpaired) electrons. The molecule has 8 nitrogen and oxygen atoms in total. The Balaban J connectivity index is 1.67. The number of halogens is 2. The van der Waals surface area contributed by atoms with E-state index in [2.05, 4.69) is 47.7 Å². The van der Waals surface area contributed by atoms with E-state index in [1.807, 2.05) is 54.6 Å². The number of nitrogens with zero attached hydrogens (tertiary/aromatic N) is 1. The molecule has 0 spiro atoms. The van der Waals surface area contributed by atoms with E-state index in [-0.39, 0.29) is 13.0 Å². The smallest absolute Gasteiger partial charge is 0.407 e. The number of amides is 2. The molecule has 0 aliphatic rings. The zero-order valence-electron chi connectivity index (χ0n) is 20.4. The molecule has 3 aromatic carbocycles. The van der Waals surface area contributed by atoms with Gasteiger partial charge in [-0.15, -0.1) is 0 Å². The van der Waals surface area contributed by atoms with Crippen LogP contribution in [0, 0.1) is 0 Å². The van der Waals surface area contributed by atoms with Crippen molar-refractivity contribution in [2.75, 3.05) is 13.7 Å². The number of hydrogen-bond acceptors (Lipinski definition) is 6. The molecule has 0 aromatic heterocycles. The van der Waals surface area contributed by atoms with Gasteiger partial charge in [-0.25, -0.2) is 10.2 Å². The second kappa shape index (κ2) is 14.4. The molecular weight excluding hydrogens is 606 g/mol. The molecule has 0 aliphatic carbocycles. The third kappa shape index (κ3) is 8.91. The Bertz CT molecular complexity index is 1220. The molecule has 3 rings (SSSR count). The second-order valence-corrected chi connectivity index (χ2v) is 9.56. The Hall–Kier alpha value is -3.37. The lowest BCUT2D eigenvalue weighted by Crippen LogP contribution is -2.47. The molecule has 0 fully saturated rings. The molecule has 37 heavy (non-hydrogen) atoms. The molecule has 3 aromatic rings. The van der Waals surface area contributed by atoms with Gasteiger partial charge in [0.15, 0.2) is 11.5 Å². The van der Waals surface area contributed by atoms with Gasteiger partial charge >= 0.3 is 6.09 Å². The van der Waals surface area contributed by atoms with E-state index in [4.69, 9.17) is 14.2 Å². The van der Waals surface area contributed by atoms with E-state index in [1.165, 1.54) is 6.21 Å². The number of benzene rings is 3. The topological polar surface area (TPSA) is 98.2 Å². The van der Waals surface area contributed by atoms with E-state index in [0.717, 1.165) is 15.6 Å². The molecular formula is C27H27Br2N3O5. The van der Waals surface area contributed by atoms with E-state index < -0.39 is 18.0 Å². The Kier molecular flexibility index (Phi) is 11.0. The highest BCUT2D eigenvalue weighted by Gasteiger charge is 2.21. The summed E-state index contributed by atoms with van der Waals surface area (Å²) in [6.45, 7) is 2.25. The van der Waals surface area contributed by atoms with Crippen LogP contribution in [0.15, 0.2) is 80.8 Å². The summed E-state index contributed by atoms with van der Waals surface area (Å²) < 4.78 is 18.1. The number of carbonyl (C=O) groups excluding carboxylic acids is 2. The minimum absolute atomic E-state index is 0.198. The van der Waals surface area contributed by atoms with Gasteiger partial charge < -0.3 is 19.5 Å². The van der Waals surface area contributed by atoms with Crippen LogP contribution in [0.3, 0.4) is 0 Å². The number of methoxy groups -OCH3 is 1. The maximum absolute atomic E-state index is 12.8. The average Bonchev–Trinajstić information content (AvgIpc) is 2.89. The van der Waals surface area contributed by atoms with Crippen LogP contribution in [-0.2, 0) is 22.6 Å². The Morgan fingerprint density at radius 2 is 1.76 bits per heavy atom. The fourth-order valence-corrected chi connectivity index (χ4v) is 4.15. The van der Waals surface area contributed by atoms with Gasteiger partial charge in [0.2, 0.25) is 0 Å². The lowest BCUT2D eigenvalue weighted by molar-refractivity contribution is -0.123. The maximum atomic E-state index is 12.8. The Labute approximate surface area is 232 Å². The molecule has 1 atom stereocenters. The first-order chi connectivity index (χ1) is 17.9. The number of nitrogens with one attached hydrogen (secondary N) is 2. The monoisotopic (exact) mass is 631 g/mol. The lowest BCUT2D eigenvalue weighted by Gasteiger charge is -2.17. The molecule has 2 amide bonds. The molecule has 194 valence electrons. The summed E-state index contributed by atoms with van der Waals surface area (Å²) in [6, 6.07) is 19.9. The molecule has 10 heteroatoms. The number of ether oxygens (including phenoxy) is 3.